The topological polar surface area (TPSA) is 56.7 Å². The van der Waals surface area contributed by atoms with Crippen molar-refractivity contribution in [2.75, 3.05) is 0 Å². The van der Waals surface area contributed by atoms with E-state index in [0.29, 0.717) is 17.6 Å². The van der Waals surface area contributed by atoms with Gasteiger partial charge in [-0.2, -0.15) is 9.97 Å². The van der Waals surface area contributed by atoms with Gasteiger partial charge in [-0.25, -0.2) is 4.98 Å². The first-order chi connectivity index (χ1) is 27.2. The van der Waals surface area contributed by atoms with Crippen molar-refractivity contribution in [1.82, 2.24) is 19.5 Å². The Morgan fingerprint density at radius 1 is 0.418 bits per heavy atom. The molecule has 0 aliphatic heterocycles. The largest absolute Gasteiger partial charge is 0.456 e. The zero-order valence-electron chi connectivity index (χ0n) is 29.3. The van der Waals surface area contributed by atoms with Gasteiger partial charge in [0.1, 0.15) is 11.2 Å². The van der Waals surface area contributed by atoms with E-state index in [0.717, 1.165) is 71.4 Å². The lowest BCUT2D eigenvalue weighted by atomic mass is 9.99. The Labute approximate surface area is 318 Å². The number of nitrogens with zero attached hydrogens (tertiary/aromatic N) is 4. The predicted molar refractivity (Wildman–Crippen MR) is 228 cm³/mol. The highest BCUT2D eigenvalue weighted by Gasteiger charge is 2.22. The van der Waals surface area contributed by atoms with Crippen LogP contribution in [0, 0.1) is 0 Å². The first kappa shape index (κ1) is 30.3. The number of fused-ring (bicyclic) bond motifs is 10. The maximum absolute atomic E-state index is 6.33. The molecule has 0 radical (unpaired) electrons. The van der Waals surface area contributed by atoms with Gasteiger partial charge in [-0.3, -0.25) is 4.57 Å². The van der Waals surface area contributed by atoms with Gasteiger partial charge < -0.3 is 4.42 Å². The molecular formula is C49H28N4OS. The second-order valence-electron chi connectivity index (χ2n) is 14.0. The van der Waals surface area contributed by atoms with Crippen LogP contribution in [0.15, 0.2) is 174 Å². The van der Waals surface area contributed by atoms with Gasteiger partial charge in [-0.15, -0.1) is 11.3 Å². The molecule has 0 spiro atoms. The van der Waals surface area contributed by atoms with Crippen molar-refractivity contribution in [2.24, 2.45) is 0 Å². The number of aromatic nitrogens is 4. The third kappa shape index (κ3) is 4.68. The summed E-state index contributed by atoms with van der Waals surface area (Å²) < 4.78 is 11.1. The normalized spacial score (nSPS) is 12.0. The van der Waals surface area contributed by atoms with Crippen molar-refractivity contribution >= 4 is 86.0 Å². The van der Waals surface area contributed by atoms with E-state index in [1.54, 1.807) is 0 Å². The minimum Gasteiger partial charge on any atom is -0.456 e. The molecule has 4 heterocycles. The smallest absolute Gasteiger partial charge is 0.238 e. The van der Waals surface area contributed by atoms with E-state index in [2.05, 4.69) is 138 Å². The molecular weight excluding hydrogens is 693 g/mol. The van der Waals surface area contributed by atoms with Crippen molar-refractivity contribution in [3.8, 4) is 39.9 Å². The molecule has 0 aliphatic carbocycles. The van der Waals surface area contributed by atoms with Crippen molar-refractivity contribution in [2.45, 2.75) is 0 Å². The van der Waals surface area contributed by atoms with E-state index in [4.69, 9.17) is 19.4 Å². The molecule has 0 saturated heterocycles. The fourth-order valence-electron chi connectivity index (χ4n) is 8.26. The van der Waals surface area contributed by atoms with E-state index in [-0.39, 0.29) is 0 Å². The number of para-hydroxylation sites is 2. The summed E-state index contributed by atoms with van der Waals surface area (Å²) in [6, 6.07) is 59.8. The molecule has 8 aromatic carbocycles. The summed E-state index contributed by atoms with van der Waals surface area (Å²) in [4.78, 5) is 15.7. The third-order valence-electron chi connectivity index (χ3n) is 10.8. The van der Waals surface area contributed by atoms with Gasteiger partial charge in [-0.05, 0) is 64.9 Å². The first-order valence-corrected chi connectivity index (χ1v) is 19.2. The zero-order valence-corrected chi connectivity index (χ0v) is 30.1. The van der Waals surface area contributed by atoms with Crippen molar-refractivity contribution < 1.29 is 4.42 Å². The summed E-state index contributed by atoms with van der Waals surface area (Å²) in [5.41, 5.74) is 7.76. The van der Waals surface area contributed by atoms with Gasteiger partial charge in [0, 0.05) is 58.4 Å². The molecule has 0 fully saturated rings. The Balaban J connectivity index is 1.17. The maximum Gasteiger partial charge on any atom is 0.238 e. The van der Waals surface area contributed by atoms with Gasteiger partial charge in [0.15, 0.2) is 11.6 Å². The molecule has 55 heavy (non-hydrogen) atoms. The summed E-state index contributed by atoms with van der Waals surface area (Å²) in [5.74, 6) is 1.73. The highest BCUT2D eigenvalue weighted by molar-refractivity contribution is 7.25. The van der Waals surface area contributed by atoms with Crippen LogP contribution in [-0.4, -0.2) is 19.5 Å². The first-order valence-electron chi connectivity index (χ1n) is 18.3. The van der Waals surface area contributed by atoms with Gasteiger partial charge in [0.25, 0.3) is 0 Å². The molecule has 0 saturated carbocycles. The molecule has 0 amide bonds. The van der Waals surface area contributed by atoms with Crippen molar-refractivity contribution in [1.29, 1.82) is 0 Å². The Hall–Kier alpha value is -7.15. The number of furan rings is 1. The summed E-state index contributed by atoms with van der Waals surface area (Å²) in [6.45, 7) is 0. The molecule has 0 bridgehead atoms. The van der Waals surface area contributed by atoms with Crippen molar-refractivity contribution in [3.63, 3.8) is 0 Å². The quantitative estimate of drug-likeness (QED) is 0.182. The Kier molecular flexibility index (Phi) is 6.44. The molecule has 0 unspecified atom stereocenters. The number of hydrogen-bond acceptors (Lipinski definition) is 5. The molecule has 0 atom stereocenters. The van der Waals surface area contributed by atoms with Gasteiger partial charge in [0.2, 0.25) is 5.95 Å². The highest BCUT2D eigenvalue weighted by atomic mass is 32.1. The highest BCUT2D eigenvalue weighted by Crippen LogP contribution is 2.42. The second-order valence-corrected chi connectivity index (χ2v) is 15.1. The fourth-order valence-corrected chi connectivity index (χ4v) is 9.35. The lowest BCUT2D eigenvalue weighted by Crippen LogP contribution is -2.07. The third-order valence-corrected chi connectivity index (χ3v) is 12.0. The molecule has 256 valence electrons. The van der Waals surface area contributed by atoms with E-state index in [9.17, 15) is 0 Å². The Morgan fingerprint density at radius 2 is 1.11 bits per heavy atom. The minimum absolute atomic E-state index is 0.554. The van der Waals surface area contributed by atoms with Crippen LogP contribution >= 0.6 is 11.3 Å². The van der Waals surface area contributed by atoms with Crippen LogP contribution in [0.3, 0.4) is 0 Å². The van der Waals surface area contributed by atoms with E-state index in [1.807, 2.05) is 47.7 Å². The van der Waals surface area contributed by atoms with E-state index < -0.39 is 0 Å². The number of hydrogen-bond donors (Lipinski definition) is 0. The second kappa shape index (κ2) is 11.7. The summed E-state index contributed by atoms with van der Waals surface area (Å²) >= 11 is 1.84. The molecule has 0 aliphatic rings. The monoisotopic (exact) mass is 720 g/mol. The average molecular weight is 721 g/mol. The fraction of sp³-hybridized carbons (Fsp3) is 0. The van der Waals surface area contributed by atoms with Crippen molar-refractivity contribution in [3.05, 3.63) is 170 Å². The molecule has 5 nitrogen and oxygen atoms in total. The summed E-state index contributed by atoms with van der Waals surface area (Å²) in [6.07, 6.45) is 0. The number of thiophene rings is 1. The van der Waals surface area contributed by atoms with Crippen LogP contribution in [0.2, 0.25) is 0 Å². The number of benzene rings is 8. The summed E-state index contributed by atoms with van der Waals surface area (Å²) in [7, 11) is 0. The van der Waals surface area contributed by atoms with Gasteiger partial charge in [-0.1, -0.05) is 121 Å². The predicted octanol–water partition coefficient (Wildman–Crippen LogP) is 13.4. The summed E-state index contributed by atoms with van der Waals surface area (Å²) in [5, 5.41) is 9.31. The molecule has 6 heteroatoms. The maximum atomic E-state index is 6.33. The standard InChI is InChI=1S/C49H28N4OS/c1-2-11-29(12-3-1)47-50-48(33-21-23-36-35-15-6-8-19-42(35)54-43(36)28-33)52-49(51-47)53-41-27-31-14-5-4-13-30(31)25-39(41)38-18-10-17-34(46(38)53)32-22-24-45-40(26-32)37-16-7-9-20-44(37)55-45/h1-28H. The van der Waals surface area contributed by atoms with Crippen LogP contribution in [-0.2, 0) is 0 Å². The number of rotatable bonds is 4. The van der Waals surface area contributed by atoms with E-state index in [1.165, 1.54) is 25.6 Å². The van der Waals surface area contributed by atoms with Crippen LogP contribution in [0.1, 0.15) is 0 Å². The molecule has 12 rings (SSSR count). The van der Waals surface area contributed by atoms with Crippen LogP contribution in [0.4, 0.5) is 0 Å². The lowest BCUT2D eigenvalue weighted by Gasteiger charge is -2.13. The minimum atomic E-state index is 0.554. The van der Waals surface area contributed by atoms with Crippen LogP contribution in [0.5, 0.6) is 0 Å². The lowest BCUT2D eigenvalue weighted by molar-refractivity contribution is 0.669. The Bertz CT molecular complexity index is 3500. The molecule has 4 aromatic heterocycles. The van der Waals surface area contributed by atoms with Crippen LogP contribution in [0.25, 0.3) is 115 Å². The SMILES string of the molecule is c1ccc(-c2nc(-c3ccc4c(c3)oc3ccccc34)nc(-n3c4cc5ccccc5cc4c4cccc(-c5ccc6sc7ccccc7c6c5)c43)n2)cc1. The molecule has 12 aromatic rings. The Morgan fingerprint density at radius 3 is 2.00 bits per heavy atom. The average Bonchev–Trinajstić information content (AvgIpc) is 3.91. The van der Waals surface area contributed by atoms with E-state index >= 15 is 0 Å². The van der Waals surface area contributed by atoms with Gasteiger partial charge in [0.05, 0.1) is 11.0 Å². The zero-order chi connectivity index (χ0) is 36.0. The van der Waals surface area contributed by atoms with Gasteiger partial charge >= 0.3 is 0 Å². The van der Waals surface area contributed by atoms with Crippen LogP contribution < -0.4 is 0 Å². The molecule has 0 N–H and O–H groups in total.